The Kier molecular flexibility index (Phi) is 4.60. The minimum absolute atomic E-state index is 0.0112. The van der Waals surface area contributed by atoms with Crippen molar-refractivity contribution in [2.75, 3.05) is 0 Å². The van der Waals surface area contributed by atoms with E-state index in [2.05, 4.69) is 13.8 Å². The number of hydrogen-bond donors (Lipinski definition) is 2. The molecule has 0 aromatic rings. The SMILES string of the molecule is C[C@H](C(=O)O)[C@H]1CC[C@H]2[C@@H]3CC(=O)O[C@H]4CC[C@H](O)C[C@]4(C)[C@H]3CC[C@]12C. The summed E-state index contributed by atoms with van der Waals surface area (Å²) in [5.74, 6) is 0.0596. The third kappa shape index (κ3) is 2.83. The van der Waals surface area contributed by atoms with Crippen LogP contribution in [0, 0.1) is 40.4 Å². The monoisotopic (exact) mass is 378 g/mol. The summed E-state index contributed by atoms with van der Waals surface area (Å²) in [6.07, 6.45) is 6.24. The lowest BCUT2D eigenvalue weighted by atomic mass is 9.49. The normalized spacial score (nSPS) is 50.6. The molecule has 4 fully saturated rings. The van der Waals surface area contributed by atoms with E-state index in [4.69, 9.17) is 4.74 Å². The van der Waals surface area contributed by atoms with Gasteiger partial charge in [0.05, 0.1) is 12.0 Å². The maximum Gasteiger partial charge on any atom is 0.306 e. The molecule has 5 nitrogen and oxygen atoms in total. The first-order valence-electron chi connectivity index (χ1n) is 10.8. The summed E-state index contributed by atoms with van der Waals surface area (Å²) in [5.41, 5.74) is -0.172. The zero-order valence-corrected chi connectivity index (χ0v) is 16.8. The summed E-state index contributed by atoms with van der Waals surface area (Å²) in [4.78, 5) is 24.3. The van der Waals surface area contributed by atoms with Crippen molar-refractivity contribution in [1.82, 2.24) is 0 Å². The lowest BCUT2D eigenvalue weighted by molar-refractivity contribution is -0.161. The van der Waals surface area contributed by atoms with Crippen molar-refractivity contribution >= 4 is 11.9 Å². The molecule has 3 saturated carbocycles. The van der Waals surface area contributed by atoms with Crippen LogP contribution in [-0.4, -0.2) is 34.4 Å². The van der Waals surface area contributed by atoms with Crippen LogP contribution >= 0.6 is 0 Å². The highest BCUT2D eigenvalue weighted by Crippen LogP contribution is 2.65. The number of fused-ring (bicyclic) bond motifs is 5. The number of rotatable bonds is 2. The third-order valence-electron chi connectivity index (χ3n) is 9.20. The van der Waals surface area contributed by atoms with Crippen LogP contribution < -0.4 is 0 Å². The van der Waals surface area contributed by atoms with Crippen molar-refractivity contribution in [1.29, 1.82) is 0 Å². The molecule has 0 aromatic heterocycles. The largest absolute Gasteiger partial charge is 0.481 e. The van der Waals surface area contributed by atoms with Crippen LogP contribution in [0.1, 0.15) is 72.1 Å². The second-order valence-electron chi connectivity index (χ2n) is 10.4. The maximum absolute atomic E-state index is 12.7. The van der Waals surface area contributed by atoms with Crippen LogP contribution in [0.4, 0.5) is 0 Å². The Labute approximate surface area is 161 Å². The molecular weight excluding hydrogens is 344 g/mol. The standard InChI is InChI=1S/C22H34O5/c1-12(20(25)26)15-5-6-16-14-10-19(24)27-18-7-4-13(23)11-22(18,3)17(14)8-9-21(15,16)2/h12-18,23H,4-11H2,1-3H3,(H,25,26)/t12-,13-,14-,15+,16-,17-,18-,21+,22+/m0/s1. The molecule has 1 heterocycles. The van der Waals surface area contributed by atoms with Gasteiger partial charge < -0.3 is 14.9 Å². The summed E-state index contributed by atoms with van der Waals surface area (Å²) in [7, 11) is 0. The number of aliphatic hydroxyl groups is 1. The quantitative estimate of drug-likeness (QED) is 0.717. The van der Waals surface area contributed by atoms with E-state index >= 15 is 0 Å². The summed E-state index contributed by atoms with van der Waals surface area (Å²) >= 11 is 0. The minimum atomic E-state index is -0.702. The predicted octanol–water partition coefficient (Wildman–Crippen LogP) is 3.63. The number of carboxylic acid groups (broad SMARTS) is 1. The summed E-state index contributed by atoms with van der Waals surface area (Å²) in [6, 6.07) is 0. The molecule has 27 heavy (non-hydrogen) atoms. The van der Waals surface area contributed by atoms with Crippen LogP contribution in [-0.2, 0) is 14.3 Å². The number of carbonyl (C=O) groups excluding carboxylic acids is 1. The van der Waals surface area contributed by atoms with Gasteiger partial charge in [0.15, 0.2) is 0 Å². The summed E-state index contributed by atoms with van der Waals surface area (Å²) in [5, 5.41) is 20.0. The van der Waals surface area contributed by atoms with Crippen molar-refractivity contribution in [2.24, 2.45) is 40.4 Å². The van der Waals surface area contributed by atoms with Crippen molar-refractivity contribution in [3.8, 4) is 0 Å². The summed E-state index contributed by atoms with van der Waals surface area (Å²) < 4.78 is 5.91. The van der Waals surface area contributed by atoms with Crippen molar-refractivity contribution < 1.29 is 24.5 Å². The lowest BCUT2D eigenvalue weighted by Crippen LogP contribution is -2.52. The average Bonchev–Trinajstić information content (AvgIpc) is 2.89. The first-order valence-corrected chi connectivity index (χ1v) is 10.8. The van der Waals surface area contributed by atoms with Crippen LogP contribution in [0.2, 0.25) is 0 Å². The average molecular weight is 379 g/mol. The molecule has 0 bridgehead atoms. The van der Waals surface area contributed by atoms with Gasteiger partial charge in [0.25, 0.3) is 0 Å². The topological polar surface area (TPSA) is 83.8 Å². The molecule has 0 unspecified atom stereocenters. The van der Waals surface area contributed by atoms with E-state index in [-0.39, 0.29) is 46.8 Å². The second kappa shape index (κ2) is 6.47. The highest BCUT2D eigenvalue weighted by atomic mass is 16.5. The number of hydrogen-bond acceptors (Lipinski definition) is 4. The van der Waals surface area contributed by atoms with Gasteiger partial charge in [0, 0.05) is 11.8 Å². The van der Waals surface area contributed by atoms with Crippen LogP contribution in [0.15, 0.2) is 0 Å². The van der Waals surface area contributed by atoms with Gasteiger partial charge in [-0.3, -0.25) is 9.59 Å². The molecule has 0 aromatic carbocycles. The number of carbonyl (C=O) groups is 2. The molecule has 9 atom stereocenters. The Morgan fingerprint density at radius 3 is 2.52 bits per heavy atom. The van der Waals surface area contributed by atoms with E-state index in [1.54, 1.807) is 0 Å². The Morgan fingerprint density at radius 2 is 1.81 bits per heavy atom. The van der Waals surface area contributed by atoms with Gasteiger partial charge in [-0.1, -0.05) is 20.8 Å². The van der Waals surface area contributed by atoms with Crippen molar-refractivity contribution in [3.05, 3.63) is 0 Å². The summed E-state index contributed by atoms with van der Waals surface area (Å²) in [6.45, 7) is 6.35. The van der Waals surface area contributed by atoms with Gasteiger partial charge in [-0.25, -0.2) is 0 Å². The van der Waals surface area contributed by atoms with Crippen LogP contribution in [0.3, 0.4) is 0 Å². The molecule has 152 valence electrons. The van der Waals surface area contributed by atoms with Gasteiger partial charge in [-0.05, 0) is 74.0 Å². The molecule has 1 saturated heterocycles. The van der Waals surface area contributed by atoms with Crippen molar-refractivity contribution in [3.63, 3.8) is 0 Å². The maximum atomic E-state index is 12.7. The van der Waals surface area contributed by atoms with E-state index < -0.39 is 5.97 Å². The molecule has 0 radical (unpaired) electrons. The molecule has 5 heteroatoms. The number of esters is 1. The molecule has 0 spiro atoms. The Bertz CT molecular complexity index is 632. The second-order valence-corrected chi connectivity index (χ2v) is 10.4. The van der Waals surface area contributed by atoms with Crippen LogP contribution in [0.5, 0.6) is 0 Å². The minimum Gasteiger partial charge on any atom is -0.481 e. The highest BCUT2D eigenvalue weighted by molar-refractivity contribution is 5.71. The molecule has 1 aliphatic heterocycles. The molecular formula is C22H34O5. The first kappa shape index (κ1) is 19.2. The van der Waals surface area contributed by atoms with E-state index in [1.165, 1.54) is 0 Å². The van der Waals surface area contributed by atoms with Gasteiger partial charge in [0.2, 0.25) is 0 Å². The zero-order valence-electron chi connectivity index (χ0n) is 16.8. The molecule has 4 rings (SSSR count). The number of carboxylic acids is 1. The smallest absolute Gasteiger partial charge is 0.306 e. The number of aliphatic carboxylic acids is 1. The van der Waals surface area contributed by atoms with Crippen LogP contribution in [0.25, 0.3) is 0 Å². The van der Waals surface area contributed by atoms with E-state index in [1.807, 2.05) is 6.92 Å². The third-order valence-corrected chi connectivity index (χ3v) is 9.20. The predicted molar refractivity (Wildman–Crippen MR) is 99.8 cm³/mol. The lowest BCUT2D eigenvalue weighted by Gasteiger charge is -2.55. The van der Waals surface area contributed by atoms with Gasteiger partial charge in [0.1, 0.15) is 6.10 Å². The fourth-order valence-electron chi connectivity index (χ4n) is 7.82. The fourth-order valence-corrected chi connectivity index (χ4v) is 7.82. The highest BCUT2D eigenvalue weighted by Gasteiger charge is 2.61. The number of ether oxygens (including phenoxy) is 1. The van der Waals surface area contributed by atoms with Gasteiger partial charge in [-0.15, -0.1) is 0 Å². The molecule has 2 N–H and O–H groups in total. The fraction of sp³-hybridized carbons (Fsp3) is 0.909. The molecule has 4 aliphatic rings. The molecule has 0 amide bonds. The Morgan fingerprint density at radius 1 is 1.11 bits per heavy atom. The van der Waals surface area contributed by atoms with E-state index in [0.717, 1.165) is 32.1 Å². The van der Waals surface area contributed by atoms with E-state index in [9.17, 15) is 19.8 Å². The van der Waals surface area contributed by atoms with Crippen molar-refractivity contribution in [2.45, 2.75) is 84.3 Å². The Hall–Kier alpha value is -1.10. The van der Waals surface area contributed by atoms with E-state index in [0.29, 0.717) is 31.1 Å². The van der Waals surface area contributed by atoms with Gasteiger partial charge >= 0.3 is 11.9 Å². The molecule has 3 aliphatic carbocycles. The number of aliphatic hydroxyl groups excluding tert-OH is 1. The first-order chi connectivity index (χ1) is 12.7. The Balaban J connectivity index is 1.68. The van der Waals surface area contributed by atoms with Gasteiger partial charge in [-0.2, -0.15) is 0 Å². The zero-order chi connectivity index (χ0) is 19.6.